The van der Waals surface area contributed by atoms with Gasteiger partial charge in [0.2, 0.25) is 0 Å². The fraction of sp³-hybridized carbons (Fsp3) is 0.227. The van der Waals surface area contributed by atoms with Crippen molar-refractivity contribution in [1.82, 2.24) is 19.7 Å². The van der Waals surface area contributed by atoms with Gasteiger partial charge in [-0.3, -0.25) is 9.48 Å². The quantitative estimate of drug-likeness (QED) is 0.502. The molecule has 1 aliphatic heterocycles. The lowest BCUT2D eigenvalue weighted by Crippen LogP contribution is -2.15. The second-order valence-electron chi connectivity index (χ2n) is 7.15. The molecule has 0 radical (unpaired) electrons. The molecule has 2 aromatic heterocycles. The zero-order valence-electron chi connectivity index (χ0n) is 16.6. The third kappa shape index (κ3) is 3.48. The van der Waals surface area contributed by atoms with Crippen LogP contribution in [0.4, 0.5) is 8.78 Å². The summed E-state index contributed by atoms with van der Waals surface area (Å²) in [6, 6.07) is 9.68. The molecule has 5 rings (SSSR count). The van der Waals surface area contributed by atoms with E-state index < -0.39 is 11.6 Å². The highest BCUT2D eigenvalue weighted by Gasteiger charge is 2.22. The van der Waals surface area contributed by atoms with E-state index in [1.807, 2.05) is 24.3 Å². The molecule has 1 aliphatic rings. The van der Waals surface area contributed by atoms with E-state index in [4.69, 9.17) is 4.74 Å². The van der Waals surface area contributed by atoms with Gasteiger partial charge in [-0.25, -0.2) is 13.8 Å². The maximum absolute atomic E-state index is 14.6. The molecule has 0 bridgehead atoms. The summed E-state index contributed by atoms with van der Waals surface area (Å²) < 4.78 is 36.0. The van der Waals surface area contributed by atoms with Gasteiger partial charge in [-0.1, -0.05) is 18.2 Å². The van der Waals surface area contributed by atoms with Gasteiger partial charge in [-0.15, -0.1) is 0 Å². The number of thioether (sulfide) groups is 1. The number of hydrogen-bond donors (Lipinski definition) is 1. The Hall–Kier alpha value is -3.20. The zero-order valence-corrected chi connectivity index (χ0v) is 17.4. The Kier molecular flexibility index (Phi) is 4.97. The van der Waals surface area contributed by atoms with Crippen molar-refractivity contribution in [2.24, 2.45) is 0 Å². The Bertz CT molecular complexity index is 1340. The number of nitrogens with zero attached hydrogens (tertiary/aromatic N) is 3. The molecule has 158 valence electrons. The van der Waals surface area contributed by atoms with Crippen molar-refractivity contribution in [2.75, 3.05) is 6.61 Å². The molecule has 2 aromatic carbocycles. The van der Waals surface area contributed by atoms with Crippen LogP contribution in [0.3, 0.4) is 0 Å². The van der Waals surface area contributed by atoms with Crippen LogP contribution in [0.15, 0.2) is 41.2 Å². The normalized spacial score (nSPS) is 13.0. The van der Waals surface area contributed by atoms with Gasteiger partial charge in [0, 0.05) is 40.2 Å². The van der Waals surface area contributed by atoms with E-state index in [-0.39, 0.29) is 23.4 Å². The van der Waals surface area contributed by atoms with Gasteiger partial charge in [0.15, 0.2) is 5.82 Å². The minimum atomic E-state index is -0.703. The summed E-state index contributed by atoms with van der Waals surface area (Å²) in [6.45, 7) is 1.95. The highest BCUT2D eigenvalue weighted by atomic mass is 32.2. The van der Waals surface area contributed by atoms with E-state index in [2.05, 4.69) is 15.1 Å². The summed E-state index contributed by atoms with van der Waals surface area (Å²) in [6.07, 6.45) is 0. The largest absolute Gasteiger partial charge is 0.494 e. The second-order valence-corrected chi connectivity index (χ2v) is 8.14. The number of hydrogen-bond acceptors (Lipinski definition) is 5. The average molecular weight is 440 g/mol. The third-order valence-electron chi connectivity index (χ3n) is 5.20. The van der Waals surface area contributed by atoms with E-state index in [1.54, 1.807) is 18.7 Å². The maximum atomic E-state index is 14.6. The van der Waals surface area contributed by atoms with Crippen molar-refractivity contribution < 1.29 is 13.5 Å². The summed E-state index contributed by atoms with van der Waals surface area (Å²) in [5.74, 6) is 0.409. The monoisotopic (exact) mass is 440 g/mol. The molecule has 1 N–H and O–H groups in total. The van der Waals surface area contributed by atoms with Gasteiger partial charge in [-0.05, 0) is 13.0 Å². The maximum Gasteiger partial charge on any atom is 0.255 e. The van der Waals surface area contributed by atoms with Crippen LogP contribution in [0.2, 0.25) is 0 Å². The Labute approximate surface area is 180 Å². The van der Waals surface area contributed by atoms with Crippen molar-refractivity contribution in [3.05, 3.63) is 75.2 Å². The smallest absolute Gasteiger partial charge is 0.255 e. The van der Waals surface area contributed by atoms with E-state index in [0.29, 0.717) is 40.7 Å². The minimum Gasteiger partial charge on any atom is -0.494 e. The third-order valence-corrected chi connectivity index (χ3v) is 6.17. The minimum absolute atomic E-state index is 0.115. The van der Waals surface area contributed by atoms with Gasteiger partial charge in [-0.2, -0.15) is 16.9 Å². The molecule has 0 atom stereocenters. The Morgan fingerprint density at radius 3 is 2.74 bits per heavy atom. The second kappa shape index (κ2) is 7.81. The molecule has 0 saturated heterocycles. The SMILES string of the molecule is CCOc1cc(F)c(Cn2nc(-c3nc4c(c(=O)[nH]3)CSC4)c3ccccc32)c(F)c1. The van der Waals surface area contributed by atoms with Crippen LogP contribution < -0.4 is 10.3 Å². The molecule has 9 heteroatoms. The summed E-state index contributed by atoms with van der Waals surface area (Å²) in [5, 5.41) is 5.31. The number of rotatable bonds is 5. The molecule has 4 aromatic rings. The first-order valence-corrected chi connectivity index (χ1v) is 11.0. The van der Waals surface area contributed by atoms with Crippen LogP contribution >= 0.6 is 11.8 Å². The van der Waals surface area contributed by atoms with Crippen molar-refractivity contribution in [3.63, 3.8) is 0 Å². The molecule has 31 heavy (non-hydrogen) atoms. The highest BCUT2D eigenvalue weighted by molar-refractivity contribution is 7.98. The predicted octanol–water partition coefficient (Wildman–Crippen LogP) is 4.26. The first kappa shape index (κ1) is 19.7. The number of aromatic amines is 1. The molecule has 3 heterocycles. The van der Waals surface area contributed by atoms with Crippen molar-refractivity contribution in [2.45, 2.75) is 25.0 Å². The highest BCUT2D eigenvalue weighted by Crippen LogP contribution is 2.30. The number of halogens is 2. The van der Waals surface area contributed by atoms with Gasteiger partial charge in [0.1, 0.15) is 23.1 Å². The van der Waals surface area contributed by atoms with E-state index in [9.17, 15) is 13.6 Å². The molecular formula is C22H18F2N4O2S. The first-order chi connectivity index (χ1) is 15.0. The van der Waals surface area contributed by atoms with Crippen molar-refractivity contribution in [1.29, 1.82) is 0 Å². The van der Waals surface area contributed by atoms with Crippen LogP contribution in [-0.2, 0) is 18.1 Å². The summed E-state index contributed by atoms with van der Waals surface area (Å²) in [5.41, 5.74) is 2.31. The van der Waals surface area contributed by atoms with Crippen LogP contribution in [0.25, 0.3) is 22.4 Å². The Balaban J connectivity index is 1.61. The Morgan fingerprint density at radius 1 is 1.19 bits per heavy atom. The summed E-state index contributed by atoms with van der Waals surface area (Å²) in [4.78, 5) is 19.9. The lowest BCUT2D eigenvalue weighted by Gasteiger charge is -2.09. The molecule has 0 spiro atoms. The van der Waals surface area contributed by atoms with Crippen LogP contribution in [0.1, 0.15) is 23.7 Å². The van der Waals surface area contributed by atoms with Gasteiger partial charge in [0.05, 0.1) is 24.4 Å². The van der Waals surface area contributed by atoms with Gasteiger partial charge in [0.25, 0.3) is 5.56 Å². The van der Waals surface area contributed by atoms with Gasteiger partial charge >= 0.3 is 0 Å². The van der Waals surface area contributed by atoms with Crippen molar-refractivity contribution >= 4 is 22.7 Å². The van der Waals surface area contributed by atoms with Crippen LogP contribution in [0.5, 0.6) is 5.75 Å². The molecule has 0 fully saturated rings. The average Bonchev–Trinajstić information content (AvgIpc) is 3.36. The number of ether oxygens (including phenoxy) is 1. The molecule has 0 aliphatic carbocycles. The summed E-state index contributed by atoms with van der Waals surface area (Å²) in [7, 11) is 0. The van der Waals surface area contributed by atoms with E-state index >= 15 is 0 Å². The number of benzene rings is 2. The summed E-state index contributed by atoms with van der Waals surface area (Å²) >= 11 is 1.64. The first-order valence-electron chi connectivity index (χ1n) is 9.81. The van der Waals surface area contributed by atoms with Crippen LogP contribution in [0, 0.1) is 11.6 Å². The lowest BCUT2D eigenvalue weighted by atomic mass is 10.1. The van der Waals surface area contributed by atoms with Crippen LogP contribution in [-0.4, -0.2) is 26.4 Å². The molecule has 0 amide bonds. The molecule has 0 saturated carbocycles. The zero-order chi connectivity index (χ0) is 21.5. The topological polar surface area (TPSA) is 72.8 Å². The molecule has 0 unspecified atom stereocenters. The van der Waals surface area contributed by atoms with Gasteiger partial charge < -0.3 is 9.72 Å². The molecule has 6 nitrogen and oxygen atoms in total. The predicted molar refractivity (Wildman–Crippen MR) is 115 cm³/mol. The Morgan fingerprint density at radius 2 is 1.97 bits per heavy atom. The number of aromatic nitrogens is 4. The standard InChI is InChI=1S/C22H18F2N4O2S/c1-2-30-12-7-16(23)14(17(24)8-12)9-28-19-6-4-3-5-13(19)20(27-28)21-25-18-11-31-10-15(18)22(29)26-21/h3-8H,2,9-11H2,1H3,(H,25,26,29). The van der Waals surface area contributed by atoms with E-state index in [0.717, 1.165) is 11.1 Å². The van der Waals surface area contributed by atoms with E-state index in [1.165, 1.54) is 16.8 Å². The lowest BCUT2D eigenvalue weighted by molar-refractivity contribution is 0.335. The number of para-hydroxylation sites is 1. The molecular weight excluding hydrogens is 422 g/mol. The number of fused-ring (bicyclic) bond motifs is 2. The number of H-pyrrole nitrogens is 1. The fourth-order valence-electron chi connectivity index (χ4n) is 3.73. The fourth-order valence-corrected chi connectivity index (χ4v) is 4.76. The number of nitrogens with one attached hydrogen (secondary N) is 1. The van der Waals surface area contributed by atoms with Crippen molar-refractivity contribution in [3.8, 4) is 17.3 Å².